The van der Waals surface area contributed by atoms with E-state index in [9.17, 15) is 17.6 Å². The van der Waals surface area contributed by atoms with E-state index in [4.69, 9.17) is 0 Å². The van der Waals surface area contributed by atoms with Crippen molar-refractivity contribution >= 4 is 15.9 Å². The molecule has 2 aromatic heterocycles. The second-order valence-electron chi connectivity index (χ2n) is 8.29. The van der Waals surface area contributed by atoms with Crippen molar-refractivity contribution in [3.8, 4) is 11.1 Å². The van der Waals surface area contributed by atoms with E-state index in [1.54, 1.807) is 24.5 Å². The van der Waals surface area contributed by atoms with Crippen LogP contribution >= 0.6 is 0 Å². The number of carbonyl (C=O) groups is 1. The molecule has 2 heterocycles. The van der Waals surface area contributed by atoms with E-state index in [0.717, 1.165) is 5.69 Å². The molecule has 1 amide bonds. The summed E-state index contributed by atoms with van der Waals surface area (Å²) in [7, 11) is -4.13. The van der Waals surface area contributed by atoms with Gasteiger partial charge >= 0.3 is 0 Å². The third-order valence-corrected chi connectivity index (χ3v) is 6.32. The first kappa shape index (κ1) is 23.6. The van der Waals surface area contributed by atoms with Crippen LogP contribution in [0.15, 0.2) is 47.8 Å². The van der Waals surface area contributed by atoms with Crippen LogP contribution in [0.1, 0.15) is 56.5 Å². The minimum Gasteiger partial charge on any atom is -0.274 e. The fourth-order valence-corrected chi connectivity index (χ4v) is 4.41. The number of rotatable bonds is 7. The number of pyridine rings is 1. The molecule has 0 aliphatic heterocycles. The molecule has 0 saturated carbocycles. The van der Waals surface area contributed by atoms with E-state index in [1.165, 1.54) is 22.9 Å². The number of amides is 1. The van der Waals surface area contributed by atoms with Crippen LogP contribution in [0.25, 0.3) is 11.1 Å². The number of halogens is 1. The number of aryl methyl sites for hydroxylation is 1. The van der Waals surface area contributed by atoms with Gasteiger partial charge in [0.25, 0.3) is 10.0 Å². The average molecular weight is 459 g/mol. The van der Waals surface area contributed by atoms with Gasteiger partial charge in [-0.2, -0.15) is 13.5 Å². The fourth-order valence-electron chi connectivity index (χ4n) is 3.49. The molecule has 1 aromatic carbocycles. The zero-order valence-electron chi connectivity index (χ0n) is 18.8. The Kier molecular flexibility index (Phi) is 6.78. The van der Waals surface area contributed by atoms with Gasteiger partial charge in [-0.25, -0.2) is 9.11 Å². The van der Waals surface area contributed by atoms with Gasteiger partial charge in [0, 0.05) is 24.1 Å². The van der Waals surface area contributed by atoms with Crippen LogP contribution in [0.2, 0.25) is 0 Å². The monoisotopic (exact) mass is 458 g/mol. The average Bonchev–Trinajstić information content (AvgIpc) is 3.20. The lowest BCUT2D eigenvalue weighted by Gasteiger charge is -2.18. The van der Waals surface area contributed by atoms with Crippen molar-refractivity contribution in [3.63, 3.8) is 0 Å². The van der Waals surface area contributed by atoms with Crippen molar-refractivity contribution in [2.24, 2.45) is 0 Å². The Bertz CT molecular complexity index is 1250. The van der Waals surface area contributed by atoms with Gasteiger partial charge in [-0.15, -0.1) is 0 Å². The molecule has 3 rings (SSSR count). The number of aromatic nitrogens is 3. The van der Waals surface area contributed by atoms with Gasteiger partial charge in [-0.1, -0.05) is 13.8 Å². The van der Waals surface area contributed by atoms with Crippen LogP contribution in [0, 0.1) is 12.7 Å². The van der Waals surface area contributed by atoms with Gasteiger partial charge in [0.2, 0.25) is 5.91 Å². The quantitative estimate of drug-likeness (QED) is 0.574. The number of nitrogens with one attached hydrogen (secondary N) is 1. The minimum absolute atomic E-state index is 0.0196. The van der Waals surface area contributed by atoms with Crippen molar-refractivity contribution in [1.29, 1.82) is 0 Å². The van der Waals surface area contributed by atoms with Crippen LogP contribution < -0.4 is 4.72 Å². The maximum Gasteiger partial charge on any atom is 0.283 e. The van der Waals surface area contributed by atoms with Crippen LogP contribution in [-0.4, -0.2) is 29.1 Å². The molecule has 0 unspecified atom stereocenters. The van der Waals surface area contributed by atoms with Gasteiger partial charge < -0.3 is 0 Å². The highest BCUT2D eigenvalue weighted by molar-refractivity contribution is 7.90. The highest BCUT2D eigenvalue weighted by Gasteiger charge is 2.24. The van der Waals surface area contributed by atoms with Crippen molar-refractivity contribution in [1.82, 2.24) is 19.5 Å². The standard InChI is InChI=1S/C23H27FN4O3S/c1-14(2)19-11-18(24)12-20(17-6-8-25-16(5)10-17)21(19)13-22(29)27-32(30,31)23-7-9-28(26-23)15(3)4/h6-12,14-15H,13H2,1-5H3,(H,27,29). The fraction of sp³-hybridized carbons (Fsp3) is 0.348. The highest BCUT2D eigenvalue weighted by Crippen LogP contribution is 2.32. The number of carbonyl (C=O) groups excluding carboxylic acids is 1. The second-order valence-corrected chi connectivity index (χ2v) is 9.92. The highest BCUT2D eigenvalue weighted by atomic mass is 32.2. The van der Waals surface area contributed by atoms with Crippen molar-refractivity contribution in [2.75, 3.05) is 0 Å². The molecule has 9 heteroatoms. The molecule has 3 aromatic rings. The van der Waals surface area contributed by atoms with Crippen molar-refractivity contribution < 1.29 is 17.6 Å². The van der Waals surface area contributed by atoms with E-state index in [1.807, 2.05) is 34.6 Å². The summed E-state index contributed by atoms with van der Waals surface area (Å²) in [6.07, 6.45) is 2.93. The van der Waals surface area contributed by atoms with Crippen LogP contribution in [0.3, 0.4) is 0 Å². The van der Waals surface area contributed by atoms with Gasteiger partial charge in [0.1, 0.15) is 5.82 Å². The number of nitrogens with zero attached hydrogens (tertiary/aromatic N) is 3. The predicted octanol–water partition coefficient (Wildman–Crippen LogP) is 4.14. The molecular weight excluding hydrogens is 431 g/mol. The first-order valence-corrected chi connectivity index (χ1v) is 11.8. The molecule has 0 fully saturated rings. The minimum atomic E-state index is -4.13. The summed E-state index contributed by atoms with van der Waals surface area (Å²) in [5.74, 6) is -1.22. The Morgan fingerprint density at radius 2 is 1.88 bits per heavy atom. The van der Waals surface area contributed by atoms with E-state index in [2.05, 4.69) is 14.8 Å². The summed E-state index contributed by atoms with van der Waals surface area (Å²) < 4.78 is 43.4. The molecule has 1 N–H and O–H groups in total. The second kappa shape index (κ2) is 9.20. The lowest BCUT2D eigenvalue weighted by atomic mass is 9.88. The molecular formula is C23H27FN4O3S. The van der Waals surface area contributed by atoms with Gasteiger partial charge in [-0.3, -0.25) is 14.5 Å². The third-order valence-electron chi connectivity index (χ3n) is 5.05. The Morgan fingerprint density at radius 1 is 1.16 bits per heavy atom. The molecule has 32 heavy (non-hydrogen) atoms. The van der Waals surface area contributed by atoms with Gasteiger partial charge in [0.15, 0.2) is 5.03 Å². The summed E-state index contributed by atoms with van der Waals surface area (Å²) in [4.78, 5) is 17.0. The lowest BCUT2D eigenvalue weighted by molar-refractivity contribution is -0.118. The number of sulfonamides is 1. The summed E-state index contributed by atoms with van der Waals surface area (Å²) in [6, 6.07) is 7.62. The Labute approximate surface area is 187 Å². The van der Waals surface area contributed by atoms with Crippen molar-refractivity contribution in [3.05, 3.63) is 65.4 Å². The lowest BCUT2D eigenvalue weighted by Crippen LogP contribution is -2.32. The number of hydrogen-bond donors (Lipinski definition) is 1. The summed E-state index contributed by atoms with van der Waals surface area (Å²) in [5.41, 5.74) is 3.21. The van der Waals surface area contributed by atoms with E-state index < -0.39 is 21.7 Å². The SMILES string of the molecule is Cc1cc(-c2cc(F)cc(C(C)C)c2CC(=O)NS(=O)(=O)c2ccn(C(C)C)n2)ccn1. The first-order valence-electron chi connectivity index (χ1n) is 10.3. The third kappa shape index (κ3) is 5.21. The predicted molar refractivity (Wildman–Crippen MR) is 120 cm³/mol. The molecule has 0 bridgehead atoms. The smallest absolute Gasteiger partial charge is 0.274 e. The van der Waals surface area contributed by atoms with Gasteiger partial charge in [-0.05, 0) is 79.3 Å². The van der Waals surface area contributed by atoms with Crippen LogP contribution in [0.5, 0.6) is 0 Å². The van der Waals surface area contributed by atoms with Crippen LogP contribution in [-0.2, 0) is 21.2 Å². The molecule has 0 atom stereocenters. The van der Waals surface area contributed by atoms with E-state index in [0.29, 0.717) is 22.3 Å². The molecule has 0 radical (unpaired) electrons. The maximum atomic E-state index is 14.4. The normalized spacial score (nSPS) is 11.9. The summed E-state index contributed by atoms with van der Waals surface area (Å²) in [6.45, 7) is 9.35. The molecule has 0 spiro atoms. The largest absolute Gasteiger partial charge is 0.283 e. The molecule has 170 valence electrons. The van der Waals surface area contributed by atoms with Crippen LogP contribution in [0.4, 0.5) is 4.39 Å². The number of benzene rings is 1. The maximum absolute atomic E-state index is 14.4. The first-order chi connectivity index (χ1) is 15.0. The molecule has 7 nitrogen and oxygen atoms in total. The Balaban J connectivity index is 1.97. The molecule has 0 aliphatic carbocycles. The Hall–Kier alpha value is -3.07. The van der Waals surface area contributed by atoms with Crippen molar-refractivity contribution in [2.45, 2.75) is 58.0 Å². The summed E-state index contributed by atoms with van der Waals surface area (Å²) >= 11 is 0. The topological polar surface area (TPSA) is 94.0 Å². The zero-order valence-corrected chi connectivity index (χ0v) is 19.6. The van der Waals surface area contributed by atoms with E-state index in [-0.39, 0.29) is 23.4 Å². The Morgan fingerprint density at radius 3 is 2.47 bits per heavy atom. The zero-order chi connectivity index (χ0) is 23.6. The van der Waals surface area contributed by atoms with Gasteiger partial charge in [0.05, 0.1) is 6.42 Å². The molecule has 0 saturated heterocycles. The molecule has 0 aliphatic rings. The number of hydrogen-bond acceptors (Lipinski definition) is 5. The summed E-state index contributed by atoms with van der Waals surface area (Å²) in [5, 5.41) is 3.80. The van der Waals surface area contributed by atoms with E-state index >= 15 is 0 Å².